The van der Waals surface area contributed by atoms with Crippen molar-refractivity contribution in [3.05, 3.63) is 60.2 Å². The summed E-state index contributed by atoms with van der Waals surface area (Å²) in [6.45, 7) is 2.15. The Bertz CT molecular complexity index is 732. The normalized spacial score (nSPS) is 11.5. The second-order valence-electron chi connectivity index (χ2n) is 5.08. The minimum atomic E-state index is -1.20. The number of hydrogen-bond acceptors (Lipinski definition) is 3. The third kappa shape index (κ3) is 5.03. The van der Waals surface area contributed by atoms with Crippen LogP contribution >= 0.6 is 0 Å². The quantitative estimate of drug-likeness (QED) is 0.788. The lowest BCUT2D eigenvalue weighted by Crippen LogP contribution is -2.37. The van der Waals surface area contributed by atoms with Gasteiger partial charge in [-0.05, 0) is 30.2 Å². The first-order valence-electron chi connectivity index (χ1n) is 7.72. The Morgan fingerprint density at radius 2 is 1.62 bits per heavy atom. The summed E-state index contributed by atoms with van der Waals surface area (Å²) < 4.78 is 12.0. The van der Waals surface area contributed by atoms with Gasteiger partial charge in [0, 0.05) is 22.9 Å². The van der Waals surface area contributed by atoms with E-state index < -0.39 is 22.6 Å². The van der Waals surface area contributed by atoms with E-state index in [1.807, 2.05) is 37.3 Å². The summed E-state index contributed by atoms with van der Waals surface area (Å²) in [5.41, 5.74) is 1.59. The monoisotopic (exact) mass is 344 g/mol. The molecule has 0 aromatic heterocycles. The first-order valence-corrected chi connectivity index (χ1v) is 9.04. The van der Waals surface area contributed by atoms with Crippen LogP contribution in [0.3, 0.4) is 0 Å². The molecule has 2 amide bonds. The maximum atomic E-state index is 12.0. The number of carbonyl (C=O) groups excluding carboxylic acids is 2. The molecule has 0 saturated carbocycles. The number of amides is 2. The van der Waals surface area contributed by atoms with Crippen molar-refractivity contribution < 1.29 is 13.8 Å². The zero-order valence-electron chi connectivity index (χ0n) is 13.5. The zero-order chi connectivity index (χ0) is 17.4. The van der Waals surface area contributed by atoms with Gasteiger partial charge in [0.2, 0.25) is 0 Å². The topological polar surface area (TPSA) is 75.3 Å². The van der Waals surface area contributed by atoms with E-state index in [1.165, 1.54) is 0 Å². The van der Waals surface area contributed by atoms with Crippen molar-refractivity contribution in [2.45, 2.75) is 18.2 Å². The highest BCUT2D eigenvalue weighted by atomic mass is 32.2. The molecule has 1 unspecified atom stereocenters. The van der Waals surface area contributed by atoms with Gasteiger partial charge in [-0.2, -0.15) is 0 Å². The Balaban J connectivity index is 1.82. The van der Waals surface area contributed by atoms with Crippen LogP contribution < -0.4 is 10.6 Å². The molecule has 24 heavy (non-hydrogen) atoms. The van der Waals surface area contributed by atoms with Crippen LogP contribution in [0.25, 0.3) is 0 Å². The van der Waals surface area contributed by atoms with Crippen LogP contribution in [0.4, 0.5) is 5.69 Å². The summed E-state index contributed by atoms with van der Waals surface area (Å²) in [6.07, 6.45) is 0.758. The van der Waals surface area contributed by atoms with Crippen molar-refractivity contribution in [2.24, 2.45) is 0 Å². The fourth-order valence-corrected chi connectivity index (χ4v) is 3.14. The lowest BCUT2D eigenvalue weighted by molar-refractivity contribution is -0.136. The smallest absolute Gasteiger partial charge is 0.313 e. The Morgan fingerprint density at radius 3 is 2.33 bits per heavy atom. The van der Waals surface area contributed by atoms with E-state index in [0.29, 0.717) is 10.6 Å². The highest BCUT2D eigenvalue weighted by Crippen LogP contribution is 2.15. The van der Waals surface area contributed by atoms with Crippen molar-refractivity contribution in [1.82, 2.24) is 5.32 Å². The minimum absolute atomic E-state index is 0.170. The van der Waals surface area contributed by atoms with Crippen molar-refractivity contribution >= 4 is 28.3 Å². The maximum absolute atomic E-state index is 12.0. The fourth-order valence-electron chi connectivity index (χ4n) is 2.16. The van der Waals surface area contributed by atoms with E-state index in [1.54, 1.807) is 24.3 Å². The molecule has 2 aromatic rings. The molecule has 0 aliphatic carbocycles. The molecule has 2 rings (SSSR count). The molecule has 2 aromatic carbocycles. The average molecular weight is 344 g/mol. The third-order valence-corrected chi connectivity index (χ3v) is 4.80. The van der Waals surface area contributed by atoms with Crippen LogP contribution in [0.1, 0.15) is 12.5 Å². The van der Waals surface area contributed by atoms with E-state index in [-0.39, 0.29) is 12.3 Å². The summed E-state index contributed by atoms with van der Waals surface area (Å²) in [5, 5.41) is 5.10. The lowest BCUT2D eigenvalue weighted by atomic mass is 10.1. The molecule has 1 atom stereocenters. The standard InChI is InChI=1S/C18H20N2O3S/c1-2-14-8-6-7-11-16(14)20-18(22)17(21)19-12-13-24(23)15-9-4-3-5-10-15/h3-11H,2,12-13H2,1H3,(H,19,21)(H,20,22). The van der Waals surface area contributed by atoms with E-state index in [4.69, 9.17) is 0 Å². The number of para-hydroxylation sites is 1. The molecule has 0 saturated heterocycles. The summed E-state index contributed by atoms with van der Waals surface area (Å²) in [4.78, 5) is 24.5. The van der Waals surface area contributed by atoms with Gasteiger partial charge >= 0.3 is 11.8 Å². The van der Waals surface area contributed by atoms with Crippen molar-refractivity contribution in [3.8, 4) is 0 Å². The van der Waals surface area contributed by atoms with Crippen LogP contribution in [-0.2, 0) is 26.8 Å². The van der Waals surface area contributed by atoms with E-state index >= 15 is 0 Å². The number of aryl methyl sites for hydroxylation is 1. The van der Waals surface area contributed by atoms with Gasteiger partial charge in [-0.15, -0.1) is 0 Å². The van der Waals surface area contributed by atoms with Gasteiger partial charge in [-0.25, -0.2) is 0 Å². The lowest BCUT2D eigenvalue weighted by Gasteiger charge is -2.09. The molecule has 0 aliphatic rings. The first kappa shape index (κ1) is 17.9. The number of nitrogens with one attached hydrogen (secondary N) is 2. The van der Waals surface area contributed by atoms with Gasteiger partial charge in [0.1, 0.15) is 0 Å². The molecular weight excluding hydrogens is 324 g/mol. The largest absolute Gasteiger partial charge is 0.347 e. The molecule has 0 fully saturated rings. The van der Waals surface area contributed by atoms with Crippen LogP contribution in [0.15, 0.2) is 59.5 Å². The highest BCUT2D eigenvalue weighted by molar-refractivity contribution is 7.85. The van der Waals surface area contributed by atoms with Gasteiger partial charge in [0.25, 0.3) is 0 Å². The zero-order valence-corrected chi connectivity index (χ0v) is 14.3. The van der Waals surface area contributed by atoms with E-state index in [0.717, 1.165) is 12.0 Å². The van der Waals surface area contributed by atoms with Crippen LogP contribution in [0.5, 0.6) is 0 Å². The van der Waals surface area contributed by atoms with Crippen LogP contribution in [0.2, 0.25) is 0 Å². The molecule has 0 aliphatic heterocycles. The number of hydrogen-bond donors (Lipinski definition) is 2. The molecule has 5 nitrogen and oxygen atoms in total. The second kappa shape index (κ2) is 8.98. The van der Waals surface area contributed by atoms with Gasteiger partial charge in [0.15, 0.2) is 0 Å². The molecule has 0 spiro atoms. The van der Waals surface area contributed by atoms with Crippen molar-refractivity contribution in [2.75, 3.05) is 17.6 Å². The summed E-state index contributed by atoms with van der Waals surface area (Å²) in [5.74, 6) is -1.19. The molecule has 0 heterocycles. The van der Waals surface area contributed by atoms with Crippen molar-refractivity contribution in [3.63, 3.8) is 0 Å². The summed E-state index contributed by atoms with van der Waals surface area (Å²) in [7, 11) is -1.20. The van der Waals surface area contributed by atoms with E-state index in [9.17, 15) is 13.8 Å². The molecule has 126 valence electrons. The van der Waals surface area contributed by atoms with E-state index in [2.05, 4.69) is 10.6 Å². The molecule has 6 heteroatoms. The Hall–Kier alpha value is -2.47. The second-order valence-corrected chi connectivity index (χ2v) is 6.65. The molecule has 0 bridgehead atoms. The predicted octanol–water partition coefficient (Wildman–Crippen LogP) is 2.11. The Labute approximate surface area is 143 Å². The molecule has 0 radical (unpaired) electrons. The number of carbonyl (C=O) groups is 2. The van der Waals surface area contributed by atoms with Gasteiger partial charge < -0.3 is 10.6 Å². The maximum Gasteiger partial charge on any atom is 0.313 e. The number of benzene rings is 2. The van der Waals surface area contributed by atoms with Gasteiger partial charge in [-0.3, -0.25) is 13.8 Å². The predicted molar refractivity (Wildman–Crippen MR) is 95.2 cm³/mol. The first-order chi connectivity index (χ1) is 11.6. The SMILES string of the molecule is CCc1ccccc1NC(=O)C(=O)NCCS(=O)c1ccccc1. The number of anilines is 1. The minimum Gasteiger partial charge on any atom is -0.347 e. The highest BCUT2D eigenvalue weighted by Gasteiger charge is 2.15. The fraction of sp³-hybridized carbons (Fsp3) is 0.222. The Kier molecular flexibility index (Phi) is 6.69. The van der Waals surface area contributed by atoms with Crippen LogP contribution in [-0.4, -0.2) is 28.3 Å². The van der Waals surface area contributed by atoms with Crippen molar-refractivity contribution in [1.29, 1.82) is 0 Å². The van der Waals surface area contributed by atoms with Gasteiger partial charge in [-0.1, -0.05) is 43.3 Å². The molecular formula is C18H20N2O3S. The average Bonchev–Trinajstić information content (AvgIpc) is 2.62. The van der Waals surface area contributed by atoms with Gasteiger partial charge in [0.05, 0.1) is 10.8 Å². The molecule has 2 N–H and O–H groups in total. The summed E-state index contributed by atoms with van der Waals surface area (Å²) >= 11 is 0. The van der Waals surface area contributed by atoms with Crippen LogP contribution in [0, 0.1) is 0 Å². The number of rotatable bonds is 6. The summed E-state index contributed by atoms with van der Waals surface area (Å²) in [6, 6.07) is 16.3. The Morgan fingerprint density at radius 1 is 0.958 bits per heavy atom. The third-order valence-electron chi connectivity index (χ3n) is 3.43.